The fraction of sp³-hybridized carbons (Fsp3) is 0.0667. The molecule has 0 aromatic carbocycles. The average molecular weight is 254 g/mol. The molecule has 0 saturated carbocycles. The van der Waals surface area contributed by atoms with Crippen molar-refractivity contribution in [3.63, 3.8) is 0 Å². The van der Waals surface area contributed by atoms with Gasteiger partial charge in [0, 0.05) is 30.4 Å². The number of rotatable bonds is 4. The number of carbonyl (C=O) groups is 1. The molecule has 0 saturated heterocycles. The van der Waals surface area contributed by atoms with Crippen LogP contribution in [-0.2, 0) is 9.53 Å². The van der Waals surface area contributed by atoms with Crippen molar-refractivity contribution in [2.24, 2.45) is 0 Å². The summed E-state index contributed by atoms with van der Waals surface area (Å²) in [6.07, 6.45) is 12.3. The minimum atomic E-state index is -0.367. The maximum absolute atomic E-state index is 11.0. The highest BCUT2D eigenvalue weighted by Gasteiger charge is 1.95. The molecule has 0 spiro atoms. The number of nitrogens with zero attached hydrogens (tertiary/aromatic N) is 1. The number of ether oxygens (including phenoxy) is 1. The van der Waals surface area contributed by atoms with Crippen molar-refractivity contribution >= 4 is 24.2 Å². The van der Waals surface area contributed by atoms with Gasteiger partial charge in [0.05, 0.1) is 7.11 Å². The van der Waals surface area contributed by atoms with Crippen molar-refractivity contribution in [3.05, 3.63) is 59.7 Å². The summed E-state index contributed by atoms with van der Waals surface area (Å²) in [6, 6.07) is 5.80. The molecule has 4 heteroatoms. The molecular weight excluding hydrogens is 240 g/mol. The third kappa shape index (κ3) is 3.96. The van der Waals surface area contributed by atoms with Crippen LogP contribution >= 0.6 is 0 Å². The number of nitrogens with one attached hydrogen (secondary N) is 1. The molecule has 1 N–H and O–H groups in total. The molecule has 19 heavy (non-hydrogen) atoms. The Hall–Kier alpha value is -2.62. The first-order valence-electron chi connectivity index (χ1n) is 5.80. The van der Waals surface area contributed by atoms with Gasteiger partial charge in [-0.05, 0) is 35.4 Å². The monoisotopic (exact) mass is 254 g/mol. The van der Waals surface area contributed by atoms with Crippen LogP contribution < -0.4 is 0 Å². The second-order valence-corrected chi connectivity index (χ2v) is 3.86. The quantitative estimate of drug-likeness (QED) is 0.674. The van der Waals surface area contributed by atoms with E-state index in [4.69, 9.17) is 0 Å². The summed E-state index contributed by atoms with van der Waals surface area (Å²) in [7, 11) is 1.35. The van der Waals surface area contributed by atoms with Gasteiger partial charge in [0.15, 0.2) is 0 Å². The van der Waals surface area contributed by atoms with E-state index in [0.717, 1.165) is 16.8 Å². The molecule has 0 bridgehead atoms. The van der Waals surface area contributed by atoms with Crippen LogP contribution in [0.3, 0.4) is 0 Å². The molecule has 2 heterocycles. The van der Waals surface area contributed by atoms with Gasteiger partial charge in [-0.15, -0.1) is 0 Å². The maximum Gasteiger partial charge on any atom is 0.330 e. The van der Waals surface area contributed by atoms with Crippen molar-refractivity contribution in [3.8, 4) is 0 Å². The van der Waals surface area contributed by atoms with Gasteiger partial charge in [-0.3, -0.25) is 4.98 Å². The van der Waals surface area contributed by atoms with Crippen molar-refractivity contribution < 1.29 is 9.53 Å². The van der Waals surface area contributed by atoms with Gasteiger partial charge in [0.1, 0.15) is 0 Å². The lowest BCUT2D eigenvalue weighted by Gasteiger charge is -1.89. The zero-order chi connectivity index (χ0) is 13.5. The predicted molar refractivity (Wildman–Crippen MR) is 75.0 cm³/mol. The van der Waals surface area contributed by atoms with Crippen LogP contribution in [-0.4, -0.2) is 23.0 Å². The van der Waals surface area contributed by atoms with Gasteiger partial charge in [0.2, 0.25) is 0 Å². The maximum atomic E-state index is 11.0. The number of pyridine rings is 1. The number of H-pyrrole nitrogens is 1. The van der Waals surface area contributed by atoms with E-state index in [2.05, 4.69) is 14.7 Å². The number of aromatic amines is 1. The van der Waals surface area contributed by atoms with E-state index in [9.17, 15) is 4.79 Å². The number of methoxy groups -OCH3 is 1. The molecule has 0 aliphatic rings. The number of carbonyl (C=O) groups excluding carboxylic acids is 1. The summed E-state index contributed by atoms with van der Waals surface area (Å²) in [5, 5.41) is 0. The Morgan fingerprint density at radius 2 is 2.21 bits per heavy atom. The Morgan fingerprint density at radius 1 is 1.32 bits per heavy atom. The lowest BCUT2D eigenvalue weighted by Crippen LogP contribution is -1.92. The van der Waals surface area contributed by atoms with Gasteiger partial charge in [-0.25, -0.2) is 4.79 Å². The first-order valence-corrected chi connectivity index (χ1v) is 5.80. The molecule has 4 nitrogen and oxygen atoms in total. The molecule has 0 amide bonds. The molecule has 96 valence electrons. The van der Waals surface area contributed by atoms with E-state index in [-0.39, 0.29) is 5.97 Å². The van der Waals surface area contributed by atoms with Crippen LogP contribution in [0.25, 0.3) is 18.2 Å². The molecular formula is C15H14N2O2. The van der Waals surface area contributed by atoms with Crippen LogP contribution in [0.1, 0.15) is 16.8 Å². The first kappa shape index (κ1) is 12.8. The zero-order valence-corrected chi connectivity index (χ0v) is 10.5. The van der Waals surface area contributed by atoms with Crippen molar-refractivity contribution in [1.29, 1.82) is 0 Å². The van der Waals surface area contributed by atoms with Crippen molar-refractivity contribution in [2.45, 2.75) is 0 Å². The van der Waals surface area contributed by atoms with E-state index < -0.39 is 0 Å². The van der Waals surface area contributed by atoms with Gasteiger partial charge >= 0.3 is 5.97 Å². The third-order valence-electron chi connectivity index (χ3n) is 2.48. The van der Waals surface area contributed by atoms with Crippen LogP contribution in [0, 0.1) is 0 Å². The highest BCUT2D eigenvalue weighted by atomic mass is 16.5. The molecule has 2 rings (SSSR count). The first-order chi connectivity index (χ1) is 9.28. The summed E-state index contributed by atoms with van der Waals surface area (Å²) in [5.74, 6) is -0.367. The van der Waals surface area contributed by atoms with E-state index >= 15 is 0 Å². The van der Waals surface area contributed by atoms with Crippen molar-refractivity contribution in [1.82, 2.24) is 9.97 Å². The second-order valence-electron chi connectivity index (χ2n) is 3.86. The molecule has 0 unspecified atom stereocenters. The molecule has 0 radical (unpaired) electrons. The summed E-state index contributed by atoms with van der Waals surface area (Å²) < 4.78 is 4.53. The fourth-order valence-electron chi connectivity index (χ4n) is 1.51. The summed E-state index contributed by atoms with van der Waals surface area (Å²) in [5.41, 5.74) is 2.90. The third-order valence-corrected chi connectivity index (χ3v) is 2.48. The van der Waals surface area contributed by atoms with Crippen LogP contribution in [0.2, 0.25) is 0 Å². The fourth-order valence-corrected chi connectivity index (χ4v) is 1.51. The average Bonchev–Trinajstić information content (AvgIpc) is 2.91. The largest absolute Gasteiger partial charge is 0.466 e. The number of hydrogen-bond donors (Lipinski definition) is 1. The topological polar surface area (TPSA) is 55.0 Å². The molecule has 0 atom stereocenters. The lowest BCUT2D eigenvalue weighted by molar-refractivity contribution is -0.134. The molecule has 0 fully saturated rings. The van der Waals surface area contributed by atoms with Gasteiger partial charge < -0.3 is 9.72 Å². The van der Waals surface area contributed by atoms with E-state index in [1.807, 2.05) is 36.5 Å². The molecule has 2 aromatic rings. The Balaban J connectivity index is 2.03. The second kappa shape index (κ2) is 6.35. The highest BCUT2D eigenvalue weighted by Crippen LogP contribution is 2.09. The number of esters is 1. The number of hydrogen-bond acceptors (Lipinski definition) is 3. The zero-order valence-electron chi connectivity index (χ0n) is 10.5. The Kier molecular flexibility index (Phi) is 4.29. The Labute approximate surface area is 111 Å². The minimum Gasteiger partial charge on any atom is -0.466 e. The number of aromatic nitrogens is 2. The van der Waals surface area contributed by atoms with Gasteiger partial charge in [-0.1, -0.05) is 12.1 Å². The molecule has 0 aliphatic heterocycles. The summed E-state index contributed by atoms with van der Waals surface area (Å²) in [6.45, 7) is 0. The molecule has 0 aliphatic carbocycles. The van der Waals surface area contributed by atoms with E-state index in [1.54, 1.807) is 18.5 Å². The van der Waals surface area contributed by atoms with Crippen LogP contribution in [0.4, 0.5) is 0 Å². The van der Waals surface area contributed by atoms with E-state index in [1.165, 1.54) is 13.2 Å². The lowest BCUT2D eigenvalue weighted by atomic mass is 10.2. The minimum absolute atomic E-state index is 0.367. The van der Waals surface area contributed by atoms with Crippen LogP contribution in [0.5, 0.6) is 0 Å². The highest BCUT2D eigenvalue weighted by molar-refractivity contribution is 5.87. The Bertz CT molecular complexity index is 598. The summed E-state index contributed by atoms with van der Waals surface area (Å²) >= 11 is 0. The van der Waals surface area contributed by atoms with E-state index in [0.29, 0.717) is 0 Å². The SMILES string of the molecule is COC(=O)/C=C/c1c[nH]c(C=Cc2cccnc2)c1. The normalized spacial score (nSPS) is 11.2. The van der Waals surface area contributed by atoms with Gasteiger partial charge in [0.25, 0.3) is 0 Å². The smallest absolute Gasteiger partial charge is 0.330 e. The van der Waals surface area contributed by atoms with Crippen LogP contribution in [0.15, 0.2) is 42.9 Å². The molecule has 2 aromatic heterocycles. The standard InChI is InChI=1S/C15H14N2O2/c1-19-15(18)7-5-13-9-14(17-11-13)6-4-12-3-2-8-16-10-12/h2-11,17H,1H3/b6-4?,7-5+. The Morgan fingerprint density at radius 3 is 2.95 bits per heavy atom. The van der Waals surface area contributed by atoms with Gasteiger partial charge in [-0.2, -0.15) is 0 Å². The predicted octanol–water partition coefficient (Wildman–Crippen LogP) is 2.77. The summed E-state index contributed by atoms with van der Waals surface area (Å²) in [4.78, 5) is 18.1. The van der Waals surface area contributed by atoms with Crippen molar-refractivity contribution in [2.75, 3.05) is 7.11 Å².